The van der Waals surface area contributed by atoms with Crippen molar-refractivity contribution >= 4 is 23.9 Å². The summed E-state index contributed by atoms with van der Waals surface area (Å²) in [5, 5.41) is 10.8. The fourth-order valence-corrected chi connectivity index (χ4v) is 3.54. The second-order valence-corrected chi connectivity index (χ2v) is 8.95. The molecule has 34 heavy (non-hydrogen) atoms. The third-order valence-corrected chi connectivity index (χ3v) is 5.50. The molecule has 0 aromatic heterocycles. The first kappa shape index (κ1) is 32.0. The number of hydrogen-bond donors (Lipinski definition) is 1. The fraction of sp³-hybridized carbons (Fsp3) is 0.846. The third-order valence-electron chi connectivity index (χ3n) is 5.50. The first-order chi connectivity index (χ1) is 16.2. The highest BCUT2D eigenvalue weighted by Gasteiger charge is 2.43. The van der Waals surface area contributed by atoms with Crippen molar-refractivity contribution in [1.82, 2.24) is 0 Å². The van der Waals surface area contributed by atoms with E-state index >= 15 is 0 Å². The van der Waals surface area contributed by atoms with Crippen LogP contribution in [-0.2, 0) is 33.4 Å². The van der Waals surface area contributed by atoms with E-state index in [1.54, 1.807) is 0 Å². The summed E-state index contributed by atoms with van der Waals surface area (Å²) in [7, 11) is 0. The van der Waals surface area contributed by atoms with E-state index in [0.29, 0.717) is 12.8 Å². The number of hydrogen-bond acceptors (Lipinski definition) is 8. The molecule has 0 amide bonds. The average molecular weight is 487 g/mol. The smallest absolute Gasteiger partial charge is 0.339 e. The second kappa shape index (κ2) is 20.4. The minimum Gasteiger partial charge on any atom is -0.466 e. The monoisotopic (exact) mass is 486 g/mol. The quantitative estimate of drug-likeness (QED) is 0.102. The Morgan fingerprint density at radius 1 is 0.618 bits per heavy atom. The minimum absolute atomic E-state index is 0.0741. The van der Waals surface area contributed by atoms with E-state index in [-0.39, 0.29) is 13.2 Å². The summed E-state index contributed by atoms with van der Waals surface area (Å²) >= 11 is 0. The molecular formula is C26H46O8. The lowest BCUT2D eigenvalue weighted by Crippen LogP contribution is -2.45. The van der Waals surface area contributed by atoms with Crippen LogP contribution in [0.4, 0.5) is 0 Å². The van der Waals surface area contributed by atoms with Gasteiger partial charge in [0.05, 0.1) is 26.1 Å². The molecule has 1 atom stereocenters. The zero-order chi connectivity index (χ0) is 25.7. The molecule has 0 aromatic carbocycles. The molecule has 0 aromatic rings. The molecule has 0 radical (unpaired) electrons. The van der Waals surface area contributed by atoms with E-state index in [1.165, 1.54) is 32.1 Å². The van der Waals surface area contributed by atoms with E-state index in [2.05, 4.69) is 18.6 Å². The molecule has 0 heterocycles. The van der Waals surface area contributed by atoms with Crippen LogP contribution in [0.5, 0.6) is 0 Å². The van der Waals surface area contributed by atoms with Crippen LogP contribution in [0.15, 0.2) is 0 Å². The van der Waals surface area contributed by atoms with Crippen LogP contribution in [0, 0.1) is 0 Å². The zero-order valence-electron chi connectivity index (χ0n) is 21.5. The number of aliphatic hydroxyl groups is 1. The topological polar surface area (TPSA) is 116 Å². The summed E-state index contributed by atoms with van der Waals surface area (Å²) in [5.41, 5.74) is -2.44. The van der Waals surface area contributed by atoms with Crippen molar-refractivity contribution in [2.45, 2.75) is 129 Å². The van der Waals surface area contributed by atoms with E-state index in [4.69, 9.17) is 9.47 Å². The van der Waals surface area contributed by atoms with Crippen LogP contribution in [-0.4, -0.2) is 47.8 Å². The highest BCUT2D eigenvalue weighted by molar-refractivity contribution is 5.92. The molecule has 0 aliphatic rings. The third kappa shape index (κ3) is 17.5. The van der Waals surface area contributed by atoms with Crippen LogP contribution < -0.4 is 0 Å². The summed E-state index contributed by atoms with van der Waals surface area (Å²) in [6, 6.07) is 0. The maximum atomic E-state index is 12.5. The van der Waals surface area contributed by atoms with Gasteiger partial charge < -0.3 is 19.3 Å². The van der Waals surface area contributed by atoms with E-state index in [0.717, 1.165) is 51.9 Å². The van der Waals surface area contributed by atoms with Crippen molar-refractivity contribution in [2.75, 3.05) is 13.2 Å². The van der Waals surface area contributed by atoms with Crippen molar-refractivity contribution in [2.24, 2.45) is 0 Å². The average Bonchev–Trinajstić information content (AvgIpc) is 2.76. The van der Waals surface area contributed by atoms with Gasteiger partial charge in [0.2, 0.25) is 0 Å². The number of esters is 4. The molecule has 8 heteroatoms. The maximum absolute atomic E-state index is 12.5. The van der Waals surface area contributed by atoms with E-state index < -0.39 is 42.3 Å². The molecule has 0 fully saturated rings. The molecule has 0 aliphatic carbocycles. The summed E-state index contributed by atoms with van der Waals surface area (Å²) in [6.45, 7) is 5.59. The first-order valence-electron chi connectivity index (χ1n) is 13.0. The molecule has 0 spiro atoms. The predicted molar refractivity (Wildman–Crippen MR) is 129 cm³/mol. The molecule has 0 bridgehead atoms. The Balaban J connectivity index is 4.54. The Labute approximate surface area is 205 Å². The second-order valence-electron chi connectivity index (χ2n) is 8.95. The Hall–Kier alpha value is -1.96. The van der Waals surface area contributed by atoms with Gasteiger partial charge in [0.25, 0.3) is 0 Å². The molecule has 0 aliphatic heterocycles. The molecule has 1 N–H and O–H groups in total. The van der Waals surface area contributed by atoms with Gasteiger partial charge >= 0.3 is 23.9 Å². The van der Waals surface area contributed by atoms with Crippen LogP contribution in [0.1, 0.15) is 124 Å². The highest BCUT2D eigenvalue weighted by Crippen LogP contribution is 2.21. The molecule has 8 nitrogen and oxygen atoms in total. The number of carbonyl (C=O) groups is 4. The van der Waals surface area contributed by atoms with Gasteiger partial charge in [0.15, 0.2) is 5.60 Å². The van der Waals surface area contributed by atoms with Crippen LogP contribution >= 0.6 is 0 Å². The Morgan fingerprint density at radius 3 is 1.50 bits per heavy atom. The Bertz CT molecular complexity index is 589. The Kier molecular flexibility index (Phi) is 19.2. The first-order valence-corrected chi connectivity index (χ1v) is 13.0. The summed E-state index contributed by atoms with van der Waals surface area (Å²) in [4.78, 5) is 47.7. The van der Waals surface area contributed by atoms with Gasteiger partial charge in [0, 0.05) is 6.92 Å². The summed E-state index contributed by atoms with van der Waals surface area (Å²) < 4.78 is 14.7. The van der Waals surface area contributed by atoms with Crippen molar-refractivity contribution < 1.29 is 38.5 Å². The number of ether oxygens (including phenoxy) is 3. The van der Waals surface area contributed by atoms with Crippen LogP contribution in [0.3, 0.4) is 0 Å². The molecule has 0 saturated heterocycles. The van der Waals surface area contributed by atoms with Gasteiger partial charge in [-0.05, 0) is 12.8 Å². The Morgan fingerprint density at radius 2 is 1.03 bits per heavy atom. The van der Waals surface area contributed by atoms with Crippen molar-refractivity contribution in [3.63, 3.8) is 0 Å². The fourth-order valence-electron chi connectivity index (χ4n) is 3.54. The molecule has 1 unspecified atom stereocenters. The van der Waals surface area contributed by atoms with Gasteiger partial charge in [-0.2, -0.15) is 0 Å². The largest absolute Gasteiger partial charge is 0.466 e. The van der Waals surface area contributed by atoms with Crippen LogP contribution in [0.2, 0.25) is 0 Å². The van der Waals surface area contributed by atoms with Crippen LogP contribution in [0.25, 0.3) is 0 Å². The number of unbranched alkanes of at least 4 members (excludes halogenated alkanes) is 12. The number of rotatable bonds is 21. The summed E-state index contributed by atoms with van der Waals surface area (Å²) in [5.74, 6) is -3.88. The SMILES string of the molecule is CCCCCCCCCCOC(=O)C(O)(CC(=O)OCCCCCCCC)CC(=O)OC(C)=O. The zero-order valence-corrected chi connectivity index (χ0v) is 21.5. The van der Waals surface area contributed by atoms with Gasteiger partial charge in [-0.15, -0.1) is 0 Å². The van der Waals surface area contributed by atoms with Crippen molar-refractivity contribution in [3.05, 3.63) is 0 Å². The van der Waals surface area contributed by atoms with Gasteiger partial charge in [0.1, 0.15) is 0 Å². The van der Waals surface area contributed by atoms with E-state index in [1.807, 2.05) is 0 Å². The molecule has 0 saturated carbocycles. The highest BCUT2D eigenvalue weighted by atomic mass is 16.6. The lowest BCUT2D eigenvalue weighted by molar-refractivity contribution is -0.179. The minimum atomic E-state index is -2.44. The summed E-state index contributed by atoms with van der Waals surface area (Å²) in [6.07, 6.45) is 13.0. The maximum Gasteiger partial charge on any atom is 0.339 e. The van der Waals surface area contributed by atoms with E-state index in [9.17, 15) is 24.3 Å². The normalized spacial score (nSPS) is 12.6. The molecular weight excluding hydrogens is 440 g/mol. The van der Waals surface area contributed by atoms with Gasteiger partial charge in [-0.1, -0.05) is 90.9 Å². The standard InChI is InChI=1S/C26H46O8/c1-4-6-8-10-12-13-15-17-19-33-25(30)26(31,21-24(29)34-22(3)27)20-23(28)32-18-16-14-11-9-7-5-2/h31H,4-21H2,1-3H3. The van der Waals surface area contributed by atoms with Crippen molar-refractivity contribution in [3.8, 4) is 0 Å². The lowest BCUT2D eigenvalue weighted by Gasteiger charge is -2.24. The lowest BCUT2D eigenvalue weighted by atomic mass is 9.95. The molecule has 0 rings (SSSR count). The molecule has 198 valence electrons. The van der Waals surface area contributed by atoms with Gasteiger partial charge in [-0.3, -0.25) is 14.4 Å². The van der Waals surface area contributed by atoms with Gasteiger partial charge in [-0.25, -0.2) is 4.79 Å². The van der Waals surface area contributed by atoms with Crippen molar-refractivity contribution in [1.29, 1.82) is 0 Å². The number of carbonyl (C=O) groups excluding carboxylic acids is 4. The predicted octanol–water partition coefficient (Wildman–Crippen LogP) is 5.18.